The Hall–Kier alpha value is -1.83. The summed E-state index contributed by atoms with van der Waals surface area (Å²) in [5, 5.41) is 0. The van der Waals surface area contributed by atoms with E-state index in [0.717, 1.165) is 30.1 Å². The average molecular weight is 310 g/mol. The third kappa shape index (κ3) is 4.82. The van der Waals surface area contributed by atoms with Gasteiger partial charge >= 0.3 is 0 Å². The quantitative estimate of drug-likeness (QED) is 0.434. The van der Waals surface area contributed by atoms with E-state index in [2.05, 4.69) is 68.4 Å². The van der Waals surface area contributed by atoms with Gasteiger partial charge in [-0.1, -0.05) is 19.6 Å². The molecule has 0 atom stereocenters. The van der Waals surface area contributed by atoms with Gasteiger partial charge in [0.25, 0.3) is 0 Å². The van der Waals surface area contributed by atoms with Crippen LogP contribution in [0.15, 0.2) is 47.0 Å². The van der Waals surface area contributed by atoms with Crippen molar-refractivity contribution in [3.63, 3.8) is 0 Å². The molecule has 0 aromatic heterocycles. The Labute approximate surface area is 141 Å². The maximum Gasteiger partial charge on any atom is 0.0660 e. The van der Waals surface area contributed by atoms with Crippen molar-refractivity contribution < 1.29 is 0 Å². The molecule has 2 nitrogen and oxygen atoms in total. The normalized spacial score (nSPS) is 15.2. The molecule has 1 fully saturated rings. The van der Waals surface area contributed by atoms with Gasteiger partial charge in [-0.3, -0.25) is 4.99 Å². The van der Waals surface area contributed by atoms with Gasteiger partial charge in [-0.2, -0.15) is 0 Å². The predicted molar refractivity (Wildman–Crippen MR) is 103 cm³/mol. The van der Waals surface area contributed by atoms with Crippen LogP contribution < -0.4 is 4.90 Å². The highest BCUT2D eigenvalue weighted by Crippen LogP contribution is 2.32. The van der Waals surface area contributed by atoms with Crippen molar-refractivity contribution >= 4 is 17.6 Å². The summed E-state index contributed by atoms with van der Waals surface area (Å²) < 4.78 is 0. The van der Waals surface area contributed by atoms with Crippen LogP contribution in [0.2, 0.25) is 0 Å². The molecule has 0 saturated heterocycles. The molecular formula is C21H30N2. The first kappa shape index (κ1) is 17.5. The van der Waals surface area contributed by atoms with E-state index in [4.69, 9.17) is 0 Å². The van der Waals surface area contributed by atoms with Gasteiger partial charge in [0.15, 0.2) is 0 Å². The molecule has 0 unspecified atom stereocenters. The number of allylic oxidation sites excluding steroid dienone is 3. The fourth-order valence-corrected chi connectivity index (χ4v) is 2.86. The number of hydrogen-bond donors (Lipinski definition) is 0. The predicted octanol–water partition coefficient (Wildman–Crippen LogP) is 5.85. The maximum atomic E-state index is 4.64. The zero-order chi connectivity index (χ0) is 16.8. The van der Waals surface area contributed by atoms with Gasteiger partial charge in [-0.15, -0.1) is 0 Å². The fourth-order valence-electron chi connectivity index (χ4n) is 2.86. The van der Waals surface area contributed by atoms with Crippen LogP contribution in [0.25, 0.3) is 0 Å². The molecule has 1 aliphatic rings. The van der Waals surface area contributed by atoms with Gasteiger partial charge in [-0.25, -0.2) is 0 Å². The van der Waals surface area contributed by atoms with Crippen LogP contribution in [-0.2, 0) is 0 Å². The summed E-state index contributed by atoms with van der Waals surface area (Å²) in [5.41, 5.74) is 5.83. The number of rotatable bonds is 8. The SMILES string of the molecule is C=C(/C=N\c1ccc(N(CC)CC2CC2)cc1C)/C(=C/C)CC. The summed E-state index contributed by atoms with van der Waals surface area (Å²) in [6, 6.07) is 6.59. The Bertz CT molecular complexity index is 606. The average Bonchev–Trinajstić information content (AvgIpc) is 3.36. The highest BCUT2D eigenvalue weighted by molar-refractivity contribution is 5.86. The minimum atomic E-state index is 0.907. The number of benzene rings is 1. The lowest BCUT2D eigenvalue weighted by Crippen LogP contribution is -2.25. The van der Waals surface area contributed by atoms with E-state index >= 15 is 0 Å². The molecule has 2 rings (SSSR count). The molecule has 1 aliphatic carbocycles. The highest BCUT2D eigenvalue weighted by Gasteiger charge is 2.23. The van der Waals surface area contributed by atoms with Gasteiger partial charge in [0.2, 0.25) is 0 Å². The second kappa shape index (κ2) is 8.14. The molecular weight excluding hydrogens is 280 g/mol. The Kier molecular flexibility index (Phi) is 6.20. The lowest BCUT2D eigenvalue weighted by Gasteiger charge is -2.23. The second-order valence-electron chi connectivity index (χ2n) is 6.40. The lowest BCUT2D eigenvalue weighted by molar-refractivity contribution is 0.742. The molecule has 0 aliphatic heterocycles. The summed E-state index contributed by atoms with van der Waals surface area (Å²) >= 11 is 0. The molecule has 0 amide bonds. The van der Waals surface area contributed by atoms with Crippen LogP contribution in [0, 0.1) is 12.8 Å². The van der Waals surface area contributed by atoms with Crippen molar-refractivity contribution in [2.24, 2.45) is 10.9 Å². The zero-order valence-electron chi connectivity index (χ0n) is 15.1. The summed E-state index contributed by atoms with van der Waals surface area (Å²) in [6.45, 7) is 14.9. The summed E-state index contributed by atoms with van der Waals surface area (Å²) in [7, 11) is 0. The van der Waals surface area contributed by atoms with Crippen LogP contribution in [0.4, 0.5) is 11.4 Å². The molecule has 0 bridgehead atoms. The number of anilines is 1. The van der Waals surface area contributed by atoms with Crippen LogP contribution in [0.3, 0.4) is 0 Å². The van der Waals surface area contributed by atoms with Crippen LogP contribution >= 0.6 is 0 Å². The zero-order valence-corrected chi connectivity index (χ0v) is 15.1. The first-order valence-electron chi connectivity index (χ1n) is 8.83. The van der Waals surface area contributed by atoms with Gasteiger partial charge < -0.3 is 4.90 Å². The van der Waals surface area contributed by atoms with Crippen molar-refractivity contribution in [2.45, 2.75) is 47.0 Å². The number of aryl methyl sites for hydroxylation is 1. The first-order chi connectivity index (χ1) is 11.1. The van der Waals surface area contributed by atoms with Crippen molar-refractivity contribution in [3.05, 3.63) is 47.6 Å². The van der Waals surface area contributed by atoms with E-state index in [0.29, 0.717) is 0 Å². The molecule has 124 valence electrons. The molecule has 2 heteroatoms. The molecule has 1 saturated carbocycles. The van der Waals surface area contributed by atoms with E-state index in [-0.39, 0.29) is 0 Å². The largest absolute Gasteiger partial charge is 0.372 e. The molecule has 1 aromatic carbocycles. The molecule has 0 radical (unpaired) electrons. The van der Waals surface area contributed by atoms with Crippen LogP contribution in [0.1, 0.15) is 45.6 Å². The monoisotopic (exact) mass is 310 g/mol. The molecule has 1 aromatic rings. The number of nitrogens with zero attached hydrogens (tertiary/aromatic N) is 2. The third-order valence-electron chi connectivity index (χ3n) is 4.60. The van der Waals surface area contributed by atoms with Gasteiger partial charge in [0, 0.05) is 25.0 Å². The number of aliphatic imine (C=N–C) groups is 1. The van der Waals surface area contributed by atoms with Crippen molar-refractivity contribution in [2.75, 3.05) is 18.0 Å². The topological polar surface area (TPSA) is 15.6 Å². The van der Waals surface area contributed by atoms with E-state index in [9.17, 15) is 0 Å². The molecule has 23 heavy (non-hydrogen) atoms. The van der Waals surface area contributed by atoms with Gasteiger partial charge in [0.05, 0.1) is 5.69 Å². The maximum absolute atomic E-state index is 4.64. The summed E-state index contributed by atoms with van der Waals surface area (Å²) in [5.74, 6) is 0.907. The Morgan fingerprint density at radius 3 is 2.61 bits per heavy atom. The molecule has 0 N–H and O–H groups in total. The van der Waals surface area contributed by atoms with Gasteiger partial charge in [0.1, 0.15) is 0 Å². The van der Waals surface area contributed by atoms with Crippen LogP contribution in [-0.4, -0.2) is 19.3 Å². The van der Waals surface area contributed by atoms with Gasteiger partial charge in [-0.05, 0) is 80.9 Å². The minimum Gasteiger partial charge on any atom is -0.372 e. The second-order valence-corrected chi connectivity index (χ2v) is 6.40. The lowest BCUT2D eigenvalue weighted by atomic mass is 10.1. The molecule has 0 heterocycles. The van der Waals surface area contributed by atoms with E-state index in [1.807, 2.05) is 6.21 Å². The Balaban J connectivity index is 2.10. The summed E-state index contributed by atoms with van der Waals surface area (Å²) in [4.78, 5) is 7.12. The number of hydrogen-bond acceptors (Lipinski definition) is 2. The summed E-state index contributed by atoms with van der Waals surface area (Å²) in [6.07, 6.45) is 7.78. The third-order valence-corrected chi connectivity index (χ3v) is 4.60. The van der Waals surface area contributed by atoms with Crippen molar-refractivity contribution in [3.8, 4) is 0 Å². The fraction of sp³-hybridized carbons (Fsp3) is 0.476. The van der Waals surface area contributed by atoms with Crippen molar-refractivity contribution in [1.82, 2.24) is 0 Å². The van der Waals surface area contributed by atoms with Crippen LogP contribution in [0.5, 0.6) is 0 Å². The smallest absolute Gasteiger partial charge is 0.0660 e. The Morgan fingerprint density at radius 2 is 2.09 bits per heavy atom. The van der Waals surface area contributed by atoms with E-state index in [1.165, 1.54) is 36.2 Å². The standard InChI is InChI=1S/C21H30N2/c1-6-19(7-2)17(5)14-22-21-12-11-20(13-16(21)4)23(8-3)15-18-9-10-18/h6,11-14,18H,5,7-10,15H2,1-4H3/b19-6+,22-14-. The minimum absolute atomic E-state index is 0.907. The first-order valence-corrected chi connectivity index (χ1v) is 8.83. The van der Waals surface area contributed by atoms with E-state index < -0.39 is 0 Å². The Morgan fingerprint density at radius 1 is 1.35 bits per heavy atom. The molecule has 0 spiro atoms. The van der Waals surface area contributed by atoms with E-state index in [1.54, 1.807) is 0 Å². The van der Waals surface area contributed by atoms with Crippen molar-refractivity contribution in [1.29, 1.82) is 0 Å². The highest BCUT2D eigenvalue weighted by atomic mass is 15.1.